The van der Waals surface area contributed by atoms with Crippen LogP contribution in [-0.4, -0.2) is 43.2 Å². The molecule has 2 unspecified atom stereocenters. The summed E-state index contributed by atoms with van der Waals surface area (Å²) < 4.78 is 0. The molecule has 0 saturated heterocycles. The Bertz CT molecular complexity index is 640. The molecule has 8 heteroatoms. The second kappa shape index (κ2) is 6.12. The van der Waals surface area contributed by atoms with Gasteiger partial charge in [0.2, 0.25) is 11.7 Å². The van der Waals surface area contributed by atoms with E-state index >= 15 is 0 Å². The number of rotatable bonds is 5. The van der Waals surface area contributed by atoms with E-state index in [0.29, 0.717) is 5.82 Å². The number of tetrazole rings is 1. The Kier molecular flexibility index (Phi) is 4.27. The third-order valence-corrected chi connectivity index (χ3v) is 2.92. The minimum atomic E-state index is -1.10. The Balaban J connectivity index is 2.10. The number of hydrogen-bond acceptors (Lipinski definition) is 5. The molecule has 0 aliphatic rings. The monoisotopic (exact) mass is 289 g/mol. The normalized spacial score (nSPS) is 13.4. The van der Waals surface area contributed by atoms with E-state index in [0.717, 1.165) is 10.4 Å². The van der Waals surface area contributed by atoms with Gasteiger partial charge >= 0.3 is 5.97 Å². The van der Waals surface area contributed by atoms with Crippen LogP contribution in [0.5, 0.6) is 0 Å². The van der Waals surface area contributed by atoms with Gasteiger partial charge in [-0.1, -0.05) is 30.3 Å². The lowest BCUT2D eigenvalue weighted by Gasteiger charge is -2.13. The van der Waals surface area contributed by atoms with E-state index in [-0.39, 0.29) is 0 Å². The van der Waals surface area contributed by atoms with Crippen molar-refractivity contribution in [1.82, 2.24) is 25.5 Å². The largest absolute Gasteiger partial charge is 0.480 e. The number of benzene rings is 1. The molecule has 1 aromatic carbocycles. The van der Waals surface area contributed by atoms with Crippen LogP contribution in [0.1, 0.15) is 19.9 Å². The van der Waals surface area contributed by atoms with Crippen LogP contribution in [0.2, 0.25) is 0 Å². The zero-order chi connectivity index (χ0) is 15.4. The van der Waals surface area contributed by atoms with Crippen LogP contribution >= 0.6 is 0 Å². The van der Waals surface area contributed by atoms with Gasteiger partial charge in [0.05, 0.1) is 0 Å². The summed E-state index contributed by atoms with van der Waals surface area (Å²) in [7, 11) is 0. The molecule has 0 aliphatic heterocycles. The highest BCUT2D eigenvalue weighted by molar-refractivity contribution is 5.85. The maximum absolute atomic E-state index is 11.9. The Morgan fingerprint density at radius 2 is 1.90 bits per heavy atom. The Morgan fingerprint density at radius 3 is 2.52 bits per heavy atom. The van der Waals surface area contributed by atoms with Gasteiger partial charge in [-0.2, -0.15) is 4.80 Å². The van der Waals surface area contributed by atoms with E-state index in [1.807, 2.05) is 30.3 Å². The molecule has 110 valence electrons. The average molecular weight is 289 g/mol. The first-order valence-electron chi connectivity index (χ1n) is 6.37. The molecule has 2 rings (SSSR count). The maximum Gasteiger partial charge on any atom is 0.325 e. The molecule has 0 fully saturated rings. The molecule has 1 aromatic heterocycles. The highest BCUT2D eigenvalue weighted by atomic mass is 16.4. The fourth-order valence-electron chi connectivity index (χ4n) is 1.59. The van der Waals surface area contributed by atoms with E-state index < -0.39 is 24.0 Å². The van der Waals surface area contributed by atoms with Gasteiger partial charge in [-0.25, -0.2) is 0 Å². The summed E-state index contributed by atoms with van der Waals surface area (Å²) in [6, 6.07) is 7.50. The van der Waals surface area contributed by atoms with E-state index in [1.54, 1.807) is 6.92 Å². The molecule has 2 aromatic rings. The second-order valence-corrected chi connectivity index (χ2v) is 4.54. The molecule has 0 bridgehead atoms. The van der Waals surface area contributed by atoms with Crippen molar-refractivity contribution in [2.24, 2.45) is 0 Å². The third-order valence-electron chi connectivity index (χ3n) is 2.92. The fourth-order valence-corrected chi connectivity index (χ4v) is 1.59. The maximum atomic E-state index is 11.9. The van der Waals surface area contributed by atoms with Crippen LogP contribution < -0.4 is 5.32 Å². The molecule has 1 amide bonds. The molecular formula is C13H15N5O3. The number of hydrogen-bond donors (Lipinski definition) is 2. The Hall–Kier alpha value is -2.77. The summed E-state index contributed by atoms with van der Waals surface area (Å²) in [5, 5.41) is 23.0. The highest BCUT2D eigenvalue weighted by Crippen LogP contribution is 2.13. The number of aromatic nitrogens is 4. The molecule has 1 heterocycles. The molecule has 21 heavy (non-hydrogen) atoms. The predicted octanol–water partition coefficient (Wildman–Crippen LogP) is 0.490. The van der Waals surface area contributed by atoms with Crippen LogP contribution in [0.3, 0.4) is 0 Å². The molecular weight excluding hydrogens is 274 g/mol. The summed E-state index contributed by atoms with van der Waals surface area (Å²) in [6.45, 7) is 2.96. The molecule has 0 spiro atoms. The molecule has 2 N–H and O–H groups in total. The number of nitrogens with zero attached hydrogens (tertiary/aromatic N) is 4. The summed E-state index contributed by atoms with van der Waals surface area (Å²) in [5.41, 5.74) is 0.787. The van der Waals surface area contributed by atoms with Crippen LogP contribution in [0.15, 0.2) is 30.3 Å². The molecule has 8 nitrogen and oxygen atoms in total. The van der Waals surface area contributed by atoms with Crippen molar-refractivity contribution in [1.29, 1.82) is 0 Å². The van der Waals surface area contributed by atoms with Gasteiger partial charge in [0.1, 0.15) is 12.1 Å². The number of nitrogens with one attached hydrogen (secondary N) is 1. The van der Waals surface area contributed by atoms with Crippen LogP contribution in [-0.2, 0) is 9.59 Å². The number of carboxylic acids is 1. The number of carboxylic acid groups (broad SMARTS) is 1. The van der Waals surface area contributed by atoms with E-state index in [4.69, 9.17) is 5.11 Å². The van der Waals surface area contributed by atoms with Crippen LogP contribution in [0.25, 0.3) is 11.4 Å². The fraction of sp³-hybridized carbons (Fsp3) is 0.308. The number of aliphatic carboxylic acids is 1. The first-order chi connectivity index (χ1) is 9.99. The minimum Gasteiger partial charge on any atom is -0.480 e. The van der Waals surface area contributed by atoms with Gasteiger partial charge in [-0.15, -0.1) is 10.2 Å². The van der Waals surface area contributed by atoms with Crippen molar-refractivity contribution in [3.63, 3.8) is 0 Å². The van der Waals surface area contributed by atoms with Gasteiger partial charge in [-0.3, -0.25) is 9.59 Å². The topological polar surface area (TPSA) is 110 Å². The van der Waals surface area contributed by atoms with Crippen molar-refractivity contribution >= 4 is 11.9 Å². The number of amides is 1. The molecule has 0 aliphatic carbocycles. The Morgan fingerprint density at radius 1 is 1.24 bits per heavy atom. The van der Waals surface area contributed by atoms with Crippen LogP contribution in [0, 0.1) is 0 Å². The van der Waals surface area contributed by atoms with Gasteiger partial charge in [-0.05, 0) is 19.1 Å². The summed E-state index contributed by atoms with van der Waals surface area (Å²) in [4.78, 5) is 23.8. The quantitative estimate of drug-likeness (QED) is 0.829. The Labute approximate surface area is 120 Å². The smallest absolute Gasteiger partial charge is 0.325 e. The number of carbonyl (C=O) groups is 2. The van der Waals surface area contributed by atoms with Crippen molar-refractivity contribution in [2.45, 2.75) is 25.9 Å². The van der Waals surface area contributed by atoms with Gasteiger partial charge < -0.3 is 10.4 Å². The zero-order valence-corrected chi connectivity index (χ0v) is 11.6. The van der Waals surface area contributed by atoms with Gasteiger partial charge in [0, 0.05) is 5.56 Å². The summed E-state index contributed by atoms with van der Waals surface area (Å²) in [5.74, 6) is -1.18. The lowest BCUT2D eigenvalue weighted by Crippen LogP contribution is -2.42. The molecule has 0 radical (unpaired) electrons. The lowest BCUT2D eigenvalue weighted by atomic mass is 10.2. The first-order valence-corrected chi connectivity index (χ1v) is 6.37. The lowest BCUT2D eigenvalue weighted by molar-refractivity contribution is -0.141. The standard InChI is InChI=1S/C13H15N5O3/c1-8(13(20)21)14-12(19)9(2)18-16-11(15-17-18)10-6-4-3-5-7-10/h3-9H,1-2H3,(H,14,19)(H,20,21). The van der Waals surface area contributed by atoms with E-state index in [2.05, 4.69) is 20.7 Å². The van der Waals surface area contributed by atoms with Crippen molar-refractivity contribution in [3.8, 4) is 11.4 Å². The summed E-state index contributed by atoms with van der Waals surface area (Å²) in [6.07, 6.45) is 0. The third kappa shape index (κ3) is 3.41. The SMILES string of the molecule is CC(NC(=O)C(C)n1nnc(-c2ccccc2)n1)C(=O)O. The molecule has 2 atom stereocenters. The summed E-state index contributed by atoms with van der Waals surface area (Å²) >= 11 is 0. The minimum absolute atomic E-state index is 0.404. The van der Waals surface area contributed by atoms with Gasteiger partial charge in [0.15, 0.2) is 0 Å². The van der Waals surface area contributed by atoms with E-state index in [1.165, 1.54) is 6.92 Å². The highest BCUT2D eigenvalue weighted by Gasteiger charge is 2.22. The van der Waals surface area contributed by atoms with Gasteiger partial charge in [0.25, 0.3) is 0 Å². The average Bonchev–Trinajstić information content (AvgIpc) is 2.96. The van der Waals surface area contributed by atoms with Crippen LogP contribution in [0.4, 0.5) is 0 Å². The van der Waals surface area contributed by atoms with Crippen molar-refractivity contribution in [3.05, 3.63) is 30.3 Å². The molecule has 0 saturated carbocycles. The number of carbonyl (C=O) groups excluding carboxylic acids is 1. The van der Waals surface area contributed by atoms with Crippen molar-refractivity contribution in [2.75, 3.05) is 0 Å². The van der Waals surface area contributed by atoms with Crippen molar-refractivity contribution < 1.29 is 14.7 Å². The first kappa shape index (κ1) is 14.6. The predicted molar refractivity (Wildman–Crippen MR) is 73.2 cm³/mol. The zero-order valence-electron chi connectivity index (χ0n) is 11.6. The van der Waals surface area contributed by atoms with E-state index in [9.17, 15) is 9.59 Å². The second-order valence-electron chi connectivity index (χ2n) is 4.54.